The molecule has 0 amide bonds. The maximum atomic E-state index is 5.55. The highest BCUT2D eigenvalue weighted by Crippen LogP contribution is 2.03. The molecule has 1 heterocycles. The van der Waals surface area contributed by atoms with E-state index in [1.807, 2.05) is 12.1 Å². The first kappa shape index (κ1) is 9.20. The van der Waals surface area contributed by atoms with E-state index in [9.17, 15) is 0 Å². The zero-order valence-corrected chi connectivity index (χ0v) is 7.66. The van der Waals surface area contributed by atoms with Crippen molar-refractivity contribution in [2.75, 3.05) is 0 Å². The summed E-state index contributed by atoms with van der Waals surface area (Å²) in [7, 11) is 0. The lowest BCUT2D eigenvalue weighted by Gasteiger charge is -2.09. The Labute approximate surface area is 73.6 Å². The van der Waals surface area contributed by atoms with Crippen LogP contribution < -0.4 is 0 Å². The monoisotopic (exact) mass is 165 g/mol. The quantitative estimate of drug-likeness (QED) is 0.683. The molecule has 0 saturated heterocycles. The van der Waals surface area contributed by atoms with Crippen LogP contribution in [0.5, 0.6) is 0 Å². The first-order valence-corrected chi connectivity index (χ1v) is 4.33. The van der Waals surface area contributed by atoms with E-state index in [1.54, 1.807) is 12.4 Å². The Bertz CT molecular complexity index is 210. The Morgan fingerprint density at radius 1 is 1.42 bits per heavy atom. The summed E-state index contributed by atoms with van der Waals surface area (Å²) in [4.78, 5) is 3.94. The summed E-state index contributed by atoms with van der Waals surface area (Å²) in [6, 6.07) is 3.95. The van der Waals surface area contributed by atoms with E-state index in [1.165, 1.54) is 5.56 Å². The molecule has 0 fully saturated rings. The van der Waals surface area contributed by atoms with Crippen LogP contribution in [0.4, 0.5) is 0 Å². The Morgan fingerprint density at radius 3 is 2.67 bits per heavy atom. The number of hydrogen-bond donors (Lipinski definition) is 0. The topological polar surface area (TPSA) is 22.1 Å². The molecule has 0 aliphatic carbocycles. The van der Waals surface area contributed by atoms with E-state index in [-0.39, 0.29) is 0 Å². The molecule has 1 aromatic rings. The third kappa shape index (κ3) is 3.01. The third-order valence-corrected chi connectivity index (χ3v) is 1.86. The SMILES string of the molecule is CCC(C)OCc1ccncc1. The van der Waals surface area contributed by atoms with Crippen LogP contribution in [0.1, 0.15) is 25.8 Å². The zero-order valence-electron chi connectivity index (χ0n) is 7.66. The minimum atomic E-state index is 0.346. The summed E-state index contributed by atoms with van der Waals surface area (Å²) in [5, 5.41) is 0. The van der Waals surface area contributed by atoms with Crippen molar-refractivity contribution < 1.29 is 4.74 Å². The molecule has 0 aliphatic rings. The number of pyridine rings is 1. The molecule has 0 saturated carbocycles. The molecule has 0 N–H and O–H groups in total. The van der Waals surface area contributed by atoms with Crippen molar-refractivity contribution in [1.82, 2.24) is 4.98 Å². The molecule has 1 rings (SSSR count). The highest BCUT2D eigenvalue weighted by atomic mass is 16.5. The van der Waals surface area contributed by atoms with Gasteiger partial charge in [0.15, 0.2) is 0 Å². The lowest BCUT2D eigenvalue weighted by atomic mass is 10.3. The molecule has 2 heteroatoms. The van der Waals surface area contributed by atoms with E-state index in [0.29, 0.717) is 12.7 Å². The van der Waals surface area contributed by atoms with Crippen LogP contribution in [0.15, 0.2) is 24.5 Å². The third-order valence-electron chi connectivity index (χ3n) is 1.86. The van der Waals surface area contributed by atoms with Gasteiger partial charge in [-0.1, -0.05) is 6.92 Å². The Kier molecular flexibility index (Phi) is 3.74. The normalized spacial score (nSPS) is 12.8. The molecule has 0 bridgehead atoms. The Hall–Kier alpha value is -0.890. The van der Waals surface area contributed by atoms with Crippen molar-refractivity contribution in [3.63, 3.8) is 0 Å². The second-order valence-corrected chi connectivity index (χ2v) is 2.89. The summed E-state index contributed by atoms with van der Waals surface area (Å²) in [6.45, 7) is 4.90. The predicted molar refractivity (Wildman–Crippen MR) is 48.8 cm³/mol. The van der Waals surface area contributed by atoms with Crippen LogP contribution in [0.2, 0.25) is 0 Å². The van der Waals surface area contributed by atoms with E-state index < -0.39 is 0 Å². The van der Waals surface area contributed by atoms with Gasteiger partial charge in [0, 0.05) is 12.4 Å². The van der Waals surface area contributed by atoms with Crippen LogP contribution in [0, 0.1) is 0 Å². The number of hydrogen-bond acceptors (Lipinski definition) is 2. The molecule has 0 aliphatic heterocycles. The van der Waals surface area contributed by atoms with Crippen molar-refractivity contribution in [3.8, 4) is 0 Å². The highest BCUT2D eigenvalue weighted by Gasteiger charge is 1.97. The van der Waals surface area contributed by atoms with Crippen LogP contribution >= 0.6 is 0 Å². The second kappa shape index (κ2) is 4.88. The van der Waals surface area contributed by atoms with E-state index >= 15 is 0 Å². The minimum Gasteiger partial charge on any atom is -0.374 e. The largest absolute Gasteiger partial charge is 0.374 e. The fourth-order valence-corrected chi connectivity index (χ4v) is 0.835. The van der Waals surface area contributed by atoms with Gasteiger partial charge in [0.1, 0.15) is 0 Å². The molecule has 0 spiro atoms. The van der Waals surface area contributed by atoms with Crippen molar-refractivity contribution in [3.05, 3.63) is 30.1 Å². The molecule has 0 radical (unpaired) electrons. The predicted octanol–water partition coefficient (Wildman–Crippen LogP) is 2.40. The number of ether oxygens (including phenoxy) is 1. The van der Waals surface area contributed by atoms with Gasteiger partial charge in [0.2, 0.25) is 0 Å². The lowest BCUT2D eigenvalue weighted by molar-refractivity contribution is 0.0508. The second-order valence-electron chi connectivity index (χ2n) is 2.89. The van der Waals surface area contributed by atoms with Gasteiger partial charge < -0.3 is 4.74 Å². The standard InChI is InChI=1S/C10H15NO/c1-3-9(2)12-8-10-4-6-11-7-5-10/h4-7,9H,3,8H2,1-2H3. The van der Waals surface area contributed by atoms with E-state index in [0.717, 1.165) is 6.42 Å². The van der Waals surface area contributed by atoms with Gasteiger partial charge in [0.05, 0.1) is 12.7 Å². The summed E-state index contributed by atoms with van der Waals surface area (Å²) >= 11 is 0. The van der Waals surface area contributed by atoms with Crippen molar-refractivity contribution in [1.29, 1.82) is 0 Å². The van der Waals surface area contributed by atoms with Gasteiger partial charge in [-0.2, -0.15) is 0 Å². The van der Waals surface area contributed by atoms with Crippen LogP contribution in [0.3, 0.4) is 0 Å². The number of rotatable bonds is 4. The van der Waals surface area contributed by atoms with Gasteiger partial charge in [-0.3, -0.25) is 4.98 Å². The molecule has 0 aromatic carbocycles. The average molecular weight is 165 g/mol. The zero-order chi connectivity index (χ0) is 8.81. The van der Waals surface area contributed by atoms with Crippen LogP contribution in [0.25, 0.3) is 0 Å². The van der Waals surface area contributed by atoms with Crippen LogP contribution in [-0.4, -0.2) is 11.1 Å². The molecule has 1 aromatic heterocycles. The number of nitrogens with zero attached hydrogens (tertiary/aromatic N) is 1. The fraction of sp³-hybridized carbons (Fsp3) is 0.500. The summed E-state index contributed by atoms with van der Waals surface area (Å²) in [5.74, 6) is 0. The molecule has 1 atom stereocenters. The van der Waals surface area contributed by atoms with Crippen molar-refractivity contribution in [2.45, 2.75) is 33.0 Å². The molecular formula is C10H15NO. The summed E-state index contributed by atoms with van der Waals surface area (Å²) < 4.78 is 5.55. The molecule has 1 unspecified atom stereocenters. The Morgan fingerprint density at radius 2 is 2.08 bits per heavy atom. The lowest BCUT2D eigenvalue weighted by Crippen LogP contribution is -2.05. The Balaban J connectivity index is 2.33. The summed E-state index contributed by atoms with van der Waals surface area (Å²) in [6.07, 6.45) is 4.98. The van der Waals surface area contributed by atoms with Gasteiger partial charge >= 0.3 is 0 Å². The van der Waals surface area contributed by atoms with Gasteiger partial charge in [-0.25, -0.2) is 0 Å². The van der Waals surface area contributed by atoms with E-state index in [2.05, 4.69) is 18.8 Å². The molecular weight excluding hydrogens is 150 g/mol. The van der Waals surface area contributed by atoms with Gasteiger partial charge in [0.25, 0.3) is 0 Å². The summed E-state index contributed by atoms with van der Waals surface area (Å²) in [5.41, 5.74) is 1.19. The van der Waals surface area contributed by atoms with Gasteiger partial charge in [-0.05, 0) is 31.0 Å². The van der Waals surface area contributed by atoms with Crippen molar-refractivity contribution >= 4 is 0 Å². The van der Waals surface area contributed by atoms with Gasteiger partial charge in [-0.15, -0.1) is 0 Å². The van der Waals surface area contributed by atoms with Crippen molar-refractivity contribution in [2.24, 2.45) is 0 Å². The highest BCUT2D eigenvalue weighted by molar-refractivity contribution is 5.07. The maximum absolute atomic E-state index is 5.55. The minimum absolute atomic E-state index is 0.346. The molecule has 2 nitrogen and oxygen atoms in total. The number of aromatic nitrogens is 1. The first-order chi connectivity index (χ1) is 5.83. The first-order valence-electron chi connectivity index (χ1n) is 4.33. The molecule has 12 heavy (non-hydrogen) atoms. The smallest absolute Gasteiger partial charge is 0.0721 e. The maximum Gasteiger partial charge on any atom is 0.0721 e. The van der Waals surface area contributed by atoms with E-state index in [4.69, 9.17) is 4.74 Å². The van der Waals surface area contributed by atoms with Crippen LogP contribution in [-0.2, 0) is 11.3 Å². The fourth-order valence-electron chi connectivity index (χ4n) is 0.835. The average Bonchev–Trinajstić information content (AvgIpc) is 2.16. The molecule has 66 valence electrons.